The third kappa shape index (κ3) is 2.79. The zero-order valence-corrected chi connectivity index (χ0v) is 13.8. The molecule has 4 bridgehead atoms. The minimum Gasteiger partial charge on any atom is -0.378 e. The third-order valence-electron chi connectivity index (χ3n) is 7.22. The fourth-order valence-electron chi connectivity index (χ4n) is 6.78. The van der Waals surface area contributed by atoms with Gasteiger partial charge in [-0.05, 0) is 101 Å². The zero-order chi connectivity index (χ0) is 14.3. The smallest absolute Gasteiger partial charge is 0.0576 e. The van der Waals surface area contributed by atoms with Gasteiger partial charge in [-0.25, -0.2) is 0 Å². The second-order valence-corrected chi connectivity index (χ2v) is 8.69. The van der Waals surface area contributed by atoms with E-state index in [0.29, 0.717) is 11.5 Å². The van der Waals surface area contributed by atoms with Crippen molar-refractivity contribution in [3.63, 3.8) is 0 Å². The lowest BCUT2D eigenvalue weighted by molar-refractivity contribution is -0.0746. The average molecular weight is 291 g/mol. The van der Waals surface area contributed by atoms with Crippen molar-refractivity contribution in [3.8, 4) is 0 Å². The minimum absolute atomic E-state index is 0.582. The molecule has 1 heterocycles. The molecule has 0 aromatic rings. The van der Waals surface area contributed by atoms with Crippen molar-refractivity contribution in [3.05, 3.63) is 0 Å². The summed E-state index contributed by atoms with van der Waals surface area (Å²) in [5.41, 5.74) is 0.667. The van der Waals surface area contributed by atoms with Crippen LogP contribution < -0.4 is 5.32 Å². The number of rotatable bonds is 6. The summed E-state index contributed by atoms with van der Waals surface area (Å²) in [5, 5.41) is 3.74. The Kier molecular flexibility index (Phi) is 4.04. The molecule has 0 spiro atoms. The van der Waals surface area contributed by atoms with Crippen molar-refractivity contribution in [1.82, 2.24) is 5.32 Å². The maximum Gasteiger partial charge on any atom is 0.0576 e. The molecule has 0 aromatic heterocycles. The van der Waals surface area contributed by atoms with Crippen molar-refractivity contribution in [2.24, 2.45) is 23.2 Å². The van der Waals surface area contributed by atoms with Gasteiger partial charge in [0.05, 0.1) is 6.10 Å². The van der Waals surface area contributed by atoms with Crippen LogP contribution in [0, 0.1) is 23.2 Å². The Bertz CT molecular complexity index is 325. The maximum absolute atomic E-state index is 5.80. The van der Waals surface area contributed by atoms with Gasteiger partial charge in [0.2, 0.25) is 0 Å². The average Bonchev–Trinajstić information content (AvgIpc) is 2.95. The highest BCUT2D eigenvalue weighted by atomic mass is 16.5. The van der Waals surface area contributed by atoms with Crippen LogP contribution in [0.4, 0.5) is 0 Å². The molecule has 21 heavy (non-hydrogen) atoms. The van der Waals surface area contributed by atoms with Crippen molar-refractivity contribution in [2.75, 3.05) is 13.7 Å². The molecule has 2 nitrogen and oxygen atoms in total. The molecule has 1 N–H and O–H groups in total. The molecular formula is C19H33NO. The third-order valence-corrected chi connectivity index (χ3v) is 7.22. The van der Waals surface area contributed by atoms with Crippen LogP contribution >= 0.6 is 0 Å². The van der Waals surface area contributed by atoms with Crippen LogP contribution in [0.3, 0.4) is 0 Å². The van der Waals surface area contributed by atoms with Gasteiger partial charge in [0.15, 0.2) is 0 Å². The van der Waals surface area contributed by atoms with Gasteiger partial charge in [0, 0.05) is 12.6 Å². The lowest BCUT2D eigenvalue weighted by Gasteiger charge is -2.59. The number of nitrogens with one attached hydrogen (secondary N) is 1. The standard InChI is InChI=1S/C19H33NO/c1-20-18(6-2-4-17-5-3-7-21-17)19-11-14-8-15(12-19)10-16(9-14)13-19/h14-18,20H,2-13H2,1H3. The predicted octanol–water partition coefficient (Wildman–Crippen LogP) is 4.14. The van der Waals surface area contributed by atoms with E-state index in [4.69, 9.17) is 4.74 Å². The Hall–Kier alpha value is -0.0800. The van der Waals surface area contributed by atoms with Crippen molar-refractivity contribution >= 4 is 0 Å². The first-order valence-electron chi connectivity index (χ1n) is 9.56. The second kappa shape index (κ2) is 5.85. The zero-order valence-electron chi connectivity index (χ0n) is 13.8. The Labute approximate surface area is 130 Å². The molecule has 2 heteroatoms. The molecule has 120 valence electrons. The van der Waals surface area contributed by atoms with Gasteiger partial charge < -0.3 is 10.1 Å². The monoisotopic (exact) mass is 291 g/mol. The first-order chi connectivity index (χ1) is 10.3. The molecule has 2 unspecified atom stereocenters. The van der Waals surface area contributed by atoms with E-state index in [9.17, 15) is 0 Å². The van der Waals surface area contributed by atoms with E-state index in [1.54, 1.807) is 19.3 Å². The SMILES string of the molecule is CNC(CCCC1CCCO1)C12CC3CC(CC(C3)C1)C2. The van der Waals surface area contributed by atoms with E-state index < -0.39 is 0 Å². The maximum atomic E-state index is 5.80. The number of hydrogen-bond donors (Lipinski definition) is 1. The van der Waals surface area contributed by atoms with E-state index in [2.05, 4.69) is 12.4 Å². The highest BCUT2D eigenvalue weighted by Gasteiger charge is 2.53. The highest BCUT2D eigenvalue weighted by Crippen LogP contribution is 2.61. The van der Waals surface area contributed by atoms with Gasteiger partial charge in [0.25, 0.3) is 0 Å². The van der Waals surface area contributed by atoms with Crippen LogP contribution in [0.1, 0.15) is 70.6 Å². The molecule has 0 amide bonds. The predicted molar refractivity (Wildman–Crippen MR) is 86.3 cm³/mol. The molecule has 1 aliphatic heterocycles. The van der Waals surface area contributed by atoms with Crippen molar-refractivity contribution in [1.29, 1.82) is 0 Å². The molecule has 1 saturated heterocycles. The first-order valence-corrected chi connectivity index (χ1v) is 9.56. The van der Waals surface area contributed by atoms with Gasteiger partial charge in [-0.3, -0.25) is 0 Å². The molecule has 0 radical (unpaired) electrons. The summed E-state index contributed by atoms with van der Waals surface area (Å²) >= 11 is 0. The number of hydrogen-bond acceptors (Lipinski definition) is 2. The quantitative estimate of drug-likeness (QED) is 0.794. The lowest BCUT2D eigenvalue weighted by atomic mass is 9.47. The van der Waals surface area contributed by atoms with Gasteiger partial charge in [-0.2, -0.15) is 0 Å². The van der Waals surface area contributed by atoms with Gasteiger partial charge in [-0.15, -0.1) is 0 Å². The van der Waals surface area contributed by atoms with Gasteiger partial charge >= 0.3 is 0 Å². The Morgan fingerprint density at radius 1 is 1.10 bits per heavy atom. The van der Waals surface area contributed by atoms with Crippen LogP contribution in [0.15, 0.2) is 0 Å². The second-order valence-electron chi connectivity index (χ2n) is 8.69. The summed E-state index contributed by atoms with van der Waals surface area (Å²) in [6.45, 7) is 1.01. The van der Waals surface area contributed by atoms with E-state index >= 15 is 0 Å². The summed E-state index contributed by atoms with van der Waals surface area (Å²) < 4.78 is 5.80. The minimum atomic E-state index is 0.582. The fourth-order valence-corrected chi connectivity index (χ4v) is 6.78. The largest absolute Gasteiger partial charge is 0.378 e. The molecule has 4 saturated carbocycles. The Morgan fingerprint density at radius 3 is 2.29 bits per heavy atom. The van der Waals surface area contributed by atoms with Gasteiger partial charge in [0.1, 0.15) is 0 Å². The van der Waals surface area contributed by atoms with Gasteiger partial charge in [-0.1, -0.05) is 0 Å². The summed E-state index contributed by atoms with van der Waals surface area (Å²) in [4.78, 5) is 0. The van der Waals surface area contributed by atoms with E-state index in [1.165, 1.54) is 51.4 Å². The fraction of sp³-hybridized carbons (Fsp3) is 1.00. The Morgan fingerprint density at radius 2 is 1.76 bits per heavy atom. The van der Waals surface area contributed by atoms with Crippen LogP contribution in [-0.2, 0) is 4.74 Å². The molecule has 5 aliphatic rings. The van der Waals surface area contributed by atoms with Crippen LogP contribution in [0.2, 0.25) is 0 Å². The van der Waals surface area contributed by atoms with Crippen LogP contribution in [-0.4, -0.2) is 25.8 Å². The first kappa shape index (κ1) is 14.5. The van der Waals surface area contributed by atoms with Crippen molar-refractivity contribution < 1.29 is 4.74 Å². The number of ether oxygens (including phenoxy) is 1. The van der Waals surface area contributed by atoms with Crippen LogP contribution in [0.25, 0.3) is 0 Å². The van der Waals surface area contributed by atoms with E-state index in [1.807, 2.05) is 0 Å². The summed E-state index contributed by atoms with van der Waals surface area (Å²) in [7, 11) is 2.22. The highest BCUT2D eigenvalue weighted by molar-refractivity contribution is 5.05. The van der Waals surface area contributed by atoms with Crippen molar-refractivity contribution in [2.45, 2.75) is 82.8 Å². The molecule has 2 atom stereocenters. The van der Waals surface area contributed by atoms with E-state index in [0.717, 1.165) is 30.4 Å². The summed E-state index contributed by atoms with van der Waals surface area (Å²) in [5.74, 6) is 3.22. The molecular weight excluding hydrogens is 258 g/mol. The molecule has 0 aromatic carbocycles. The molecule has 5 rings (SSSR count). The summed E-state index contributed by atoms with van der Waals surface area (Å²) in [6, 6.07) is 0.771. The molecule has 5 fully saturated rings. The Balaban J connectivity index is 1.36. The normalized spacial score (nSPS) is 46.1. The van der Waals surface area contributed by atoms with Crippen LogP contribution in [0.5, 0.6) is 0 Å². The summed E-state index contributed by atoms with van der Waals surface area (Å²) in [6.07, 6.45) is 16.5. The topological polar surface area (TPSA) is 21.3 Å². The molecule has 4 aliphatic carbocycles. The van der Waals surface area contributed by atoms with E-state index in [-0.39, 0.29) is 0 Å². The lowest BCUT2D eigenvalue weighted by Crippen LogP contribution is -2.55.